The molecule has 104 valence electrons. The molecular formula is C17H13NO3. The van der Waals surface area contributed by atoms with Crippen molar-refractivity contribution >= 4 is 11.7 Å². The van der Waals surface area contributed by atoms with E-state index in [-0.39, 0.29) is 11.4 Å². The van der Waals surface area contributed by atoms with E-state index < -0.39 is 17.7 Å². The highest BCUT2D eigenvalue weighted by Crippen LogP contribution is 2.31. The van der Waals surface area contributed by atoms with E-state index in [9.17, 15) is 14.7 Å². The van der Waals surface area contributed by atoms with Crippen molar-refractivity contribution in [1.29, 1.82) is 0 Å². The topological polar surface area (TPSA) is 66.4 Å². The minimum Gasteiger partial charge on any atom is -0.503 e. The average molecular weight is 279 g/mol. The summed E-state index contributed by atoms with van der Waals surface area (Å²) in [5.74, 6) is -1.47. The van der Waals surface area contributed by atoms with Crippen molar-refractivity contribution in [3.63, 3.8) is 0 Å². The van der Waals surface area contributed by atoms with Crippen LogP contribution in [0, 0.1) is 0 Å². The van der Waals surface area contributed by atoms with Gasteiger partial charge in [-0.25, -0.2) is 0 Å². The van der Waals surface area contributed by atoms with Crippen LogP contribution in [0.1, 0.15) is 22.0 Å². The molecule has 2 N–H and O–H groups in total. The lowest BCUT2D eigenvalue weighted by atomic mass is 9.93. The van der Waals surface area contributed by atoms with E-state index in [1.54, 1.807) is 30.3 Å². The highest BCUT2D eigenvalue weighted by Gasteiger charge is 2.37. The summed E-state index contributed by atoms with van der Waals surface area (Å²) in [6.07, 6.45) is 0. The van der Waals surface area contributed by atoms with Gasteiger partial charge in [0.25, 0.3) is 5.91 Å². The number of Topliss-reactive ketones (excluding diaryl/α,β-unsaturated/α-hetero) is 1. The van der Waals surface area contributed by atoms with Gasteiger partial charge in [0.15, 0.2) is 11.5 Å². The summed E-state index contributed by atoms with van der Waals surface area (Å²) in [5, 5.41) is 12.6. The van der Waals surface area contributed by atoms with E-state index >= 15 is 0 Å². The van der Waals surface area contributed by atoms with E-state index in [2.05, 4.69) is 5.32 Å². The second-order valence-electron chi connectivity index (χ2n) is 4.77. The first kappa shape index (κ1) is 13.1. The molecule has 0 aliphatic carbocycles. The molecule has 4 nitrogen and oxygen atoms in total. The molecule has 0 bridgehead atoms. The smallest absolute Gasteiger partial charge is 0.287 e. The molecule has 0 radical (unpaired) electrons. The molecule has 1 amide bonds. The zero-order chi connectivity index (χ0) is 14.8. The maximum absolute atomic E-state index is 12.6. The molecule has 3 rings (SSSR count). The van der Waals surface area contributed by atoms with Crippen molar-refractivity contribution in [2.75, 3.05) is 0 Å². The molecule has 0 saturated carbocycles. The van der Waals surface area contributed by atoms with Gasteiger partial charge < -0.3 is 10.4 Å². The number of carbonyl (C=O) groups is 2. The standard InChI is InChI=1S/C17H13NO3/c19-15(12-9-5-2-6-10-12)13-14(18-17(21)16(13)20)11-7-3-1-4-8-11/h1-10,14,20H,(H,18,21). The van der Waals surface area contributed by atoms with Crippen LogP contribution in [0.3, 0.4) is 0 Å². The van der Waals surface area contributed by atoms with E-state index in [0.29, 0.717) is 5.56 Å². The van der Waals surface area contributed by atoms with E-state index in [1.165, 1.54) is 0 Å². The zero-order valence-corrected chi connectivity index (χ0v) is 11.1. The molecule has 1 unspecified atom stereocenters. The highest BCUT2D eigenvalue weighted by molar-refractivity contribution is 6.16. The van der Waals surface area contributed by atoms with Gasteiger partial charge in [-0.05, 0) is 5.56 Å². The van der Waals surface area contributed by atoms with Gasteiger partial charge in [-0.2, -0.15) is 0 Å². The van der Waals surface area contributed by atoms with Gasteiger partial charge in [0.1, 0.15) is 0 Å². The number of hydrogen-bond donors (Lipinski definition) is 2. The van der Waals surface area contributed by atoms with Gasteiger partial charge in [-0.1, -0.05) is 60.7 Å². The average Bonchev–Trinajstić information content (AvgIpc) is 2.84. The van der Waals surface area contributed by atoms with Gasteiger partial charge in [-0.15, -0.1) is 0 Å². The number of nitrogens with one attached hydrogen (secondary N) is 1. The third kappa shape index (κ3) is 2.31. The number of rotatable bonds is 3. The predicted molar refractivity (Wildman–Crippen MR) is 77.8 cm³/mol. The zero-order valence-electron chi connectivity index (χ0n) is 11.1. The Morgan fingerprint density at radius 3 is 2.14 bits per heavy atom. The van der Waals surface area contributed by atoms with Gasteiger partial charge >= 0.3 is 0 Å². The molecule has 1 aliphatic rings. The minimum absolute atomic E-state index is 0.0948. The lowest BCUT2D eigenvalue weighted by Crippen LogP contribution is -2.23. The van der Waals surface area contributed by atoms with E-state index in [4.69, 9.17) is 0 Å². The lowest BCUT2D eigenvalue weighted by Gasteiger charge is -2.14. The molecule has 0 saturated heterocycles. The summed E-state index contributed by atoms with van der Waals surface area (Å²) >= 11 is 0. The van der Waals surface area contributed by atoms with Gasteiger partial charge in [0.05, 0.1) is 11.6 Å². The molecule has 0 fully saturated rings. The Bertz CT molecular complexity index is 720. The summed E-state index contributed by atoms with van der Waals surface area (Å²) < 4.78 is 0. The van der Waals surface area contributed by atoms with Crippen molar-refractivity contribution in [2.24, 2.45) is 0 Å². The summed E-state index contributed by atoms with van der Waals surface area (Å²) in [7, 11) is 0. The number of carbonyl (C=O) groups excluding carboxylic acids is 2. The van der Waals surface area contributed by atoms with Crippen LogP contribution in [0.2, 0.25) is 0 Å². The Morgan fingerprint density at radius 1 is 0.952 bits per heavy atom. The van der Waals surface area contributed by atoms with Gasteiger partial charge in [-0.3, -0.25) is 9.59 Å². The predicted octanol–water partition coefficient (Wildman–Crippen LogP) is 2.55. The van der Waals surface area contributed by atoms with E-state index in [0.717, 1.165) is 5.56 Å². The molecule has 1 atom stereocenters. The van der Waals surface area contributed by atoms with Crippen molar-refractivity contribution in [3.8, 4) is 0 Å². The molecule has 4 heteroatoms. The Hall–Kier alpha value is -2.88. The quantitative estimate of drug-likeness (QED) is 0.848. The highest BCUT2D eigenvalue weighted by atomic mass is 16.3. The first-order valence-electron chi connectivity index (χ1n) is 6.57. The van der Waals surface area contributed by atoms with Crippen molar-refractivity contribution in [2.45, 2.75) is 6.04 Å². The number of aliphatic hydroxyl groups excluding tert-OH is 1. The molecule has 2 aromatic rings. The Balaban J connectivity index is 2.05. The van der Waals surface area contributed by atoms with Crippen LogP contribution < -0.4 is 5.32 Å². The summed E-state index contributed by atoms with van der Waals surface area (Å²) in [4.78, 5) is 24.3. The molecular weight excluding hydrogens is 266 g/mol. The largest absolute Gasteiger partial charge is 0.503 e. The minimum atomic E-state index is -0.622. The van der Waals surface area contributed by atoms with Crippen LogP contribution in [0.4, 0.5) is 0 Å². The van der Waals surface area contributed by atoms with Crippen LogP contribution >= 0.6 is 0 Å². The fraction of sp³-hybridized carbons (Fsp3) is 0.0588. The fourth-order valence-electron chi connectivity index (χ4n) is 2.41. The number of benzene rings is 2. The van der Waals surface area contributed by atoms with Gasteiger partial charge in [0.2, 0.25) is 0 Å². The van der Waals surface area contributed by atoms with Gasteiger partial charge in [0, 0.05) is 5.56 Å². The Morgan fingerprint density at radius 2 is 1.52 bits per heavy atom. The fourth-order valence-corrected chi connectivity index (χ4v) is 2.41. The summed E-state index contributed by atoms with van der Waals surface area (Å²) in [6, 6.07) is 17.1. The Labute approximate surface area is 121 Å². The molecule has 2 aromatic carbocycles. The van der Waals surface area contributed by atoms with Crippen molar-refractivity contribution < 1.29 is 14.7 Å². The summed E-state index contributed by atoms with van der Waals surface area (Å²) in [5.41, 5.74) is 1.29. The first-order valence-corrected chi connectivity index (χ1v) is 6.57. The van der Waals surface area contributed by atoms with Crippen LogP contribution in [0.15, 0.2) is 72.0 Å². The lowest BCUT2D eigenvalue weighted by molar-refractivity contribution is -0.119. The van der Waals surface area contributed by atoms with Crippen LogP contribution in [-0.2, 0) is 4.79 Å². The number of ketones is 1. The molecule has 0 aromatic heterocycles. The van der Waals surface area contributed by atoms with Crippen LogP contribution in [0.25, 0.3) is 0 Å². The Kier molecular flexibility index (Phi) is 3.28. The van der Waals surface area contributed by atoms with Crippen LogP contribution in [0.5, 0.6) is 0 Å². The third-order valence-corrected chi connectivity index (χ3v) is 3.45. The normalized spacial score (nSPS) is 17.7. The molecule has 21 heavy (non-hydrogen) atoms. The SMILES string of the molecule is O=C1NC(c2ccccc2)C(C(=O)c2ccccc2)=C1O. The third-order valence-electron chi connectivity index (χ3n) is 3.45. The maximum atomic E-state index is 12.6. The molecule has 1 heterocycles. The van der Waals surface area contributed by atoms with E-state index in [1.807, 2.05) is 30.3 Å². The second kappa shape index (κ2) is 5.25. The number of aliphatic hydroxyl groups is 1. The molecule has 1 aliphatic heterocycles. The first-order chi connectivity index (χ1) is 10.2. The number of hydrogen-bond acceptors (Lipinski definition) is 3. The van der Waals surface area contributed by atoms with Crippen molar-refractivity contribution in [1.82, 2.24) is 5.32 Å². The summed E-state index contributed by atoms with van der Waals surface area (Å²) in [6.45, 7) is 0. The van der Waals surface area contributed by atoms with Crippen molar-refractivity contribution in [3.05, 3.63) is 83.1 Å². The number of amides is 1. The van der Waals surface area contributed by atoms with Crippen LogP contribution in [-0.4, -0.2) is 16.8 Å². The molecule has 0 spiro atoms. The second-order valence-corrected chi connectivity index (χ2v) is 4.77. The monoisotopic (exact) mass is 279 g/mol. The maximum Gasteiger partial charge on any atom is 0.287 e.